The van der Waals surface area contributed by atoms with Gasteiger partial charge in [-0.05, 0) is 49.6 Å². The van der Waals surface area contributed by atoms with Gasteiger partial charge in [0.15, 0.2) is 6.10 Å². The van der Waals surface area contributed by atoms with Crippen LogP contribution < -0.4 is 10.1 Å². The molecular formula is C27H30N2O6. The van der Waals surface area contributed by atoms with Crippen LogP contribution in [0.3, 0.4) is 0 Å². The first-order valence-corrected chi connectivity index (χ1v) is 12.0. The minimum atomic E-state index is -0.977. The molecule has 1 heterocycles. The molecule has 35 heavy (non-hydrogen) atoms. The fraction of sp³-hybridized carbons (Fsp3) is 0.407. The summed E-state index contributed by atoms with van der Waals surface area (Å²) in [5.41, 5.74) is 1.40. The molecule has 0 radical (unpaired) electrons. The van der Waals surface area contributed by atoms with Gasteiger partial charge >= 0.3 is 5.97 Å². The van der Waals surface area contributed by atoms with E-state index in [0.29, 0.717) is 16.7 Å². The van der Waals surface area contributed by atoms with Crippen molar-refractivity contribution >= 4 is 23.7 Å². The highest BCUT2D eigenvalue weighted by Crippen LogP contribution is 2.27. The maximum Gasteiger partial charge on any atom is 0.342 e. The molecule has 1 fully saturated rings. The first-order valence-electron chi connectivity index (χ1n) is 12.0. The van der Waals surface area contributed by atoms with Crippen molar-refractivity contribution in [3.63, 3.8) is 0 Å². The molecule has 1 aliphatic heterocycles. The molecule has 4 rings (SSSR count). The van der Waals surface area contributed by atoms with E-state index in [1.807, 2.05) is 0 Å². The Balaban J connectivity index is 1.44. The van der Waals surface area contributed by atoms with Crippen molar-refractivity contribution < 1.29 is 28.7 Å². The molecule has 184 valence electrons. The normalized spacial score (nSPS) is 16.9. The van der Waals surface area contributed by atoms with Gasteiger partial charge < -0.3 is 14.8 Å². The van der Waals surface area contributed by atoms with Crippen LogP contribution in [-0.2, 0) is 16.1 Å². The van der Waals surface area contributed by atoms with Crippen molar-refractivity contribution in [2.45, 2.75) is 64.1 Å². The van der Waals surface area contributed by atoms with Gasteiger partial charge in [-0.3, -0.25) is 19.3 Å². The predicted octanol–water partition coefficient (Wildman–Crippen LogP) is 3.88. The molecule has 1 saturated carbocycles. The van der Waals surface area contributed by atoms with Gasteiger partial charge in [0.25, 0.3) is 17.7 Å². The number of carbonyl (C=O) groups is 4. The lowest BCUT2D eigenvalue weighted by atomic mass is 10.1. The number of benzene rings is 2. The summed E-state index contributed by atoms with van der Waals surface area (Å²) in [7, 11) is 1.43. The van der Waals surface area contributed by atoms with Crippen LogP contribution in [-0.4, -0.2) is 47.8 Å². The molecule has 0 spiro atoms. The third-order valence-corrected chi connectivity index (χ3v) is 6.56. The lowest BCUT2D eigenvalue weighted by molar-refractivity contribution is -0.129. The third-order valence-electron chi connectivity index (χ3n) is 6.56. The average molecular weight is 479 g/mol. The van der Waals surface area contributed by atoms with Crippen molar-refractivity contribution in [1.82, 2.24) is 10.2 Å². The maximum atomic E-state index is 13.0. The monoisotopic (exact) mass is 478 g/mol. The number of imide groups is 1. The molecule has 8 nitrogen and oxygen atoms in total. The molecular weight excluding hydrogens is 448 g/mol. The average Bonchev–Trinajstić information content (AvgIpc) is 3.03. The van der Waals surface area contributed by atoms with Crippen LogP contribution in [0.15, 0.2) is 42.5 Å². The Morgan fingerprint density at radius 3 is 2.23 bits per heavy atom. The summed E-state index contributed by atoms with van der Waals surface area (Å²) in [4.78, 5) is 52.1. The number of methoxy groups -OCH3 is 1. The molecule has 0 aromatic heterocycles. The van der Waals surface area contributed by atoms with Crippen LogP contribution in [0, 0.1) is 0 Å². The molecule has 0 bridgehead atoms. The van der Waals surface area contributed by atoms with E-state index in [-0.39, 0.29) is 41.6 Å². The van der Waals surface area contributed by atoms with Gasteiger partial charge in [-0.15, -0.1) is 0 Å². The molecule has 0 unspecified atom stereocenters. The number of nitrogens with zero attached hydrogens (tertiary/aromatic N) is 1. The van der Waals surface area contributed by atoms with Crippen molar-refractivity contribution in [2.24, 2.45) is 0 Å². The third kappa shape index (κ3) is 5.37. The van der Waals surface area contributed by atoms with Crippen molar-refractivity contribution in [2.75, 3.05) is 7.11 Å². The van der Waals surface area contributed by atoms with E-state index in [4.69, 9.17) is 9.47 Å². The Hall–Kier alpha value is -3.68. The van der Waals surface area contributed by atoms with Crippen LogP contribution in [0.25, 0.3) is 0 Å². The van der Waals surface area contributed by atoms with Crippen LogP contribution in [0.4, 0.5) is 0 Å². The van der Waals surface area contributed by atoms with Gasteiger partial charge in [0.05, 0.1) is 24.8 Å². The van der Waals surface area contributed by atoms with Gasteiger partial charge in [-0.1, -0.05) is 43.9 Å². The Labute approximate surface area is 204 Å². The predicted molar refractivity (Wildman–Crippen MR) is 128 cm³/mol. The summed E-state index contributed by atoms with van der Waals surface area (Å²) >= 11 is 0. The Morgan fingerprint density at radius 2 is 1.63 bits per heavy atom. The molecule has 0 saturated heterocycles. The number of carbonyl (C=O) groups excluding carboxylic acids is 4. The summed E-state index contributed by atoms with van der Waals surface area (Å²) in [6, 6.07) is 11.6. The van der Waals surface area contributed by atoms with E-state index >= 15 is 0 Å². The fourth-order valence-electron chi connectivity index (χ4n) is 4.60. The second-order valence-electron chi connectivity index (χ2n) is 9.02. The summed E-state index contributed by atoms with van der Waals surface area (Å²) in [5.74, 6) is -1.53. The number of hydrogen-bond acceptors (Lipinski definition) is 6. The second kappa shape index (κ2) is 10.7. The van der Waals surface area contributed by atoms with Gasteiger partial charge in [0.2, 0.25) is 0 Å². The fourth-order valence-corrected chi connectivity index (χ4v) is 4.60. The number of esters is 1. The summed E-state index contributed by atoms with van der Waals surface area (Å²) < 4.78 is 10.8. The summed E-state index contributed by atoms with van der Waals surface area (Å²) in [6.07, 6.45) is 5.39. The van der Waals surface area contributed by atoms with Crippen molar-refractivity contribution in [3.05, 3.63) is 64.7 Å². The van der Waals surface area contributed by atoms with E-state index < -0.39 is 12.1 Å². The molecule has 8 heteroatoms. The van der Waals surface area contributed by atoms with E-state index in [0.717, 1.165) is 30.6 Å². The number of fused-ring (bicyclic) bond motifs is 1. The molecule has 3 amide bonds. The SMILES string of the molecule is COc1ccc(CN2C(=O)c3ccccc3C2=O)cc1C(=O)O[C@H](C)C(=O)NC1CCCCCC1. The summed E-state index contributed by atoms with van der Waals surface area (Å²) in [6.45, 7) is 1.54. The van der Waals surface area contributed by atoms with Gasteiger partial charge in [-0.25, -0.2) is 4.79 Å². The highest BCUT2D eigenvalue weighted by Gasteiger charge is 2.35. The van der Waals surface area contributed by atoms with Crippen LogP contribution in [0.5, 0.6) is 5.75 Å². The standard InChI is InChI=1S/C27H30N2O6/c1-17(24(30)28-19-9-5-3-4-6-10-19)35-27(33)22-15-18(13-14-23(22)34-2)16-29-25(31)20-11-7-8-12-21(20)26(29)32/h7-8,11-15,17,19H,3-6,9-10,16H2,1-2H3,(H,28,30)/t17-/m1/s1. The summed E-state index contributed by atoms with van der Waals surface area (Å²) in [5, 5.41) is 2.99. The number of amides is 3. The van der Waals surface area contributed by atoms with Gasteiger partial charge in [-0.2, -0.15) is 0 Å². The zero-order valence-corrected chi connectivity index (χ0v) is 20.0. The topological polar surface area (TPSA) is 102 Å². The van der Waals surface area contributed by atoms with Crippen LogP contribution in [0.2, 0.25) is 0 Å². The smallest absolute Gasteiger partial charge is 0.342 e. The van der Waals surface area contributed by atoms with E-state index in [1.54, 1.807) is 43.3 Å². The van der Waals surface area contributed by atoms with E-state index in [2.05, 4.69) is 5.32 Å². The zero-order chi connectivity index (χ0) is 24.9. The highest BCUT2D eigenvalue weighted by molar-refractivity contribution is 6.21. The molecule has 1 N–H and O–H groups in total. The number of ether oxygens (including phenoxy) is 2. The van der Waals surface area contributed by atoms with Crippen LogP contribution >= 0.6 is 0 Å². The van der Waals surface area contributed by atoms with E-state index in [1.165, 1.54) is 26.0 Å². The number of nitrogens with one attached hydrogen (secondary N) is 1. The molecule has 1 aliphatic carbocycles. The van der Waals surface area contributed by atoms with Crippen LogP contribution in [0.1, 0.15) is 82.1 Å². The Morgan fingerprint density at radius 1 is 1.00 bits per heavy atom. The minimum absolute atomic E-state index is 0.00561. The number of hydrogen-bond donors (Lipinski definition) is 1. The zero-order valence-electron chi connectivity index (χ0n) is 20.0. The lowest BCUT2D eigenvalue weighted by Crippen LogP contribution is -2.41. The molecule has 1 atom stereocenters. The maximum absolute atomic E-state index is 13.0. The molecule has 2 aromatic carbocycles. The quantitative estimate of drug-likeness (QED) is 0.368. The molecule has 2 aliphatic rings. The highest BCUT2D eigenvalue weighted by atomic mass is 16.5. The molecule has 2 aromatic rings. The Bertz CT molecular complexity index is 1100. The lowest BCUT2D eigenvalue weighted by Gasteiger charge is -2.20. The van der Waals surface area contributed by atoms with Crippen molar-refractivity contribution in [1.29, 1.82) is 0 Å². The van der Waals surface area contributed by atoms with Gasteiger partial charge in [0, 0.05) is 6.04 Å². The van der Waals surface area contributed by atoms with Gasteiger partial charge in [0.1, 0.15) is 11.3 Å². The van der Waals surface area contributed by atoms with E-state index in [9.17, 15) is 19.2 Å². The Kier molecular flexibility index (Phi) is 7.48. The first-order chi connectivity index (χ1) is 16.9. The van der Waals surface area contributed by atoms with Crippen molar-refractivity contribution in [3.8, 4) is 5.75 Å². The number of rotatable bonds is 7. The largest absolute Gasteiger partial charge is 0.496 e. The first kappa shape index (κ1) is 24.4. The second-order valence-corrected chi connectivity index (χ2v) is 9.02. The minimum Gasteiger partial charge on any atom is -0.496 e.